The molecule has 2 aromatic carbocycles. The molecular formula is C20H28Br2N2O2S2. The fourth-order valence-electron chi connectivity index (χ4n) is 2.77. The van der Waals surface area contributed by atoms with Gasteiger partial charge in [0.25, 0.3) is 0 Å². The van der Waals surface area contributed by atoms with Gasteiger partial charge in [-0.2, -0.15) is 9.13 Å². The summed E-state index contributed by atoms with van der Waals surface area (Å²) in [6, 6.07) is 17.1. The molecule has 0 aliphatic carbocycles. The zero-order chi connectivity index (χ0) is 16.8. The van der Waals surface area contributed by atoms with Crippen molar-refractivity contribution in [1.29, 1.82) is 0 Å². The van der Waals surface area contributed by atoms with Crippen molar-refractivity contribution >= 4 is 43.1 Å². The van der Waals surface area contributed by atoms with Gasteiger partial charge in [0.1, 0.15) is 22.5 Å². The maximum Gasteiger partial charge on any atom is 0.225 e. The van der Waals surface area contributed by atoms with Crippen LogP contribution < -0.4 is 43.1 Å². The molecule has 0 amide bonds. The Morgan fingerprint density at radius 3 is 1.36 bits per heavy atom. The molecule has 0 atom stereocenters. The average Bonchev–Trinajstić information content (AvgIpc) is 3.22. The smallest absolute Gasteiger partial charge is 0.225 e. The summed E-state index contributed by atoms with van der Waals surface area (Å²) in [7, 11) is 0. The van der Waals surface area contributed by atoms with Gasteiger partial charge >= 0.3 is 0 Å². The third-order valence-corrected chi connectivity index (χ3v) is 5.81. The molecule has 2 heterocycles. The summed E-state index contributed by atoms with van der Waals surface area (Å²) in [5, 5.41) is 0. The summed E-state index contributed by atoms with van der Waals surface area (Å²) < 4.78 is 7.40. The van der Waals surface area contributed by atoms with Gasteiger partial charge in [0.2, 0.25) is 22.1 Å². The fourth-order valence-corrected chi connectivity index (χ4v) is 4.62. The number of halogens is 2. The molecule has 0 aliphatic rings. The molecule has 8 heteroatoms. The SMILES string of the molecule is CCC[n+]1csc2ccccc21.CCC[n+]1csc2ccccc21.O.O.[Br-].[Br-]. The van der Waals surface area contributed by atoms with Crippen LogP contribution >= 0.6 is 22.7 Å². The van der Waals surface area contributed by atoms with E-state index in [1.165, 1.54) is 33.3 Å². The van der Waals surface area contributed by atoms with Crippen molar-refractivity contribution in [3.8, 4) is 0 Å². The minimum Gasteiger partial charge on any atom is -1.00 e. The molecule has 0 fully saturated rings. The molecule has 4 rings (SSSR count). The van der Waals surface area contributed by atoms with Gasteiger partial charge in [-0.25, -0.2) is 0 Å². The van der Waals surface area contributed by atoms with E-state index in [2.05, 4.69) is 82.5 Å². The molecular weight excluding hydrogens is 524 g/mol. The maximum absolute atomic E-state index is 2.32. The van der Waals surface area contributed by atoms with Gasteiger partial charge in [0.05, 0.1) is 0 Å². The first-order valence-electron chi connectivity index (χ1n) is 8.54. The molecule has 4 nitrogen and oxygen atoms in total. The Kier molecular flexibility index (Phi) is 15.7. The van der Waals surface area contributed by atoms with E-state index in [0.717, 1.165) is 13.1 Å². The number of aromatic nitrogens is 2. The van der Waals surface area contributed by atoms with Gasteiger partial charge in [0, 0.05) is 25.0 Å². The lowest BCUT2D eigenvalue weighted by Crippen LogP contribution is -3.00. The van der Waals surface area contributed by atoms with Gasteiger partial charge in [0.15, 0.2) is 0 Å². The predicted molar refractivity (Wildman–Crippen MR) is 112 cm³/mol. The molecule has 4 aromatic rings. The Morgan fingerprint density at radius 2 is 1.00 bits per heavy atom. The summed E-state index contributed by atoms with van der Waals surface area (Å²) >= 11 is 3.63. The molecule has 0 saturated carbocycles. The van der Waals surface area contributed by atoms with Crippen LogP contribution in [0.4, 0.5) is 0 Å². The number of hydrogen-bond donors (Lipinski definition) is 0. The van der Waals surface area contributed by atoms with Crippen molar-refractivity contribution in [2.75, 3.05) is 0 Å². The average molecular weight is 552 g/mol. The van der Waals surface area contributed by atoms with Gasteiger partial charge < -0.3 is 44.9 Å². The number of para-hydroxylation sites is 2. The molecule has 156 valence electrons. The Morgan fingerprint density at radius 1 is 0.643 bits per heavy atom. The van der Waals surface area contributed by atoms with Gasteiger partial charge in [-0.15, -0.1) is 0 Å². The second-order valence-corrected chi connectivity index (χ2v) is 7.54. The monoisotopic (exact) mass is 550 g/mol. The molecule has 4 N–H and O–H groups in total. The first-order chi connectivity index (χ1) is 11.8. The predicted octanol–water partition coefficient (Wildman–Crippen LogP) is -2.44. The van der Waals surface area contributed by atoms with Crippen LogP contribution in [0.15, 0.2) is 59.6 Å². The Balaban J connectivity index is 0. The third-order valence-electron chi connectivity index (χ3n) is 3.89. The summed E-state index contributed by atoms with van der Waals surface area (Å²) in [4.78, 5) is 0. The zero-order valence-corrected chi connectivity index (χ0v) is 20.9. The van der Waals surface area contributed by atoms with Crippen molar-refractivity contribution in [3.63, 3.8) is 0 Å². The standard InChI is InChI=1S/2C10H12NS.2BrH.2H2O/c2*1-2-7-11-8-12-10-6-4-3-5-9(10)11;;;;/h2*3-6,8H,2,7H2,1H3;2*1H;2*1H2/q2*+1;;;;/p-2. The van der Waals surface area contributed by atoms with Crippen molar-refractivity contribution in [3.05, 3.63) is 59.6 Å². The molecule has 0 spiro atoms. The van der Waals surface area contributed by atoms with Crippen molar-refractivity contribution in [1.82, 2.24) is 0 Å². The van der Waals surface area contributed by atoms with Crippen LogP contribution in [0.25, 0.3) is 20.4 Å². The van der Waals surface area contributed by atoms with Crippen LogP contribution in [-0.2, 0) is 13.1 Å². The minimum atomic E-state index is 0. The lowest BCUT2D eigenvalue weighted by atomic mass is 10.3. The molecule has 0 unspecified atom stereocenters. The highest BCUT2D eigenvalue weighted by Gasteiger charge is 2.09. The maximum atomic E-state index is 2.32. The van der Waals surface area contributed by atoms with E-state index in [1.54, 1.807) is 0 Å². The highest BCUT2D eigenvalue weighted by molar-refractivity contribution is 7.16. The number of benzene rings is 2. The van der Waals surface area contributed by atoms with Crippen molar-refractivity contribution in [2.45, 2.75) is 39.8 Å². The number of rotatable bonds is 4. The van der Waals surface area contributed by atoms with Crippen LogP contribution in [0.2, 0.25) is 0 Å². The number of nitrogens with zero attached hydrogens (tertiary/aromatic N) is 2. The van der Waals surface area contributed by atoms with Gasteiger partial charge in [-0.05, 0) is 12.1 Å². The van der Waals surface area contributed by atoms with Crippen LogP contribution in [0.1, 0.15) is 26.7 Å². The van der Waals surface area contributed by atoms with E-state index >= 15 is 0 Å². The zero-order valence-electron chi connectivity index (χ0n) is 16.1. The molecule has 0 radical (unpaired) electrons. The lowest BCUT2D eigenvalue weighted by molar-refractivity contribution is -0.667. The van der Waals surface area contributed by atoms with Crippen LogP contribution in [0.5, 0.6) is 0 Å². The van der Waals surface area contributed by atoms with Crippen LogP contribution in [0.3, 0.4) is 0 Å². The minimum absolute atomic E-state index is 0. The molecule has 0 bridgehead atoms. The number of aryl methyl sites for hydroxylation is 2. The summed E-state index contributed by atoms with van der Waals surface area (Å²) in [6.07, 6.45) is 2.40. The second kappa shape index (κ2) is 15.0. The quantitative estimate of drug-likeness (QED) is 0.253. The van der Waals surface area contributed by atoms with Crippen molar-refractivity contribution < 1.29 is 54.0 Å². The van der Waals surface area contributed by atoms with Crippen LogP contribution in [-0.4, -0.2) is 11.0 Å². The Labute approximate surface area is 195 Å². The summed E-state index contributed by atoms with van der Waals surface area (Å²) in [6.45, 7) is 6.67. The fraction of sp³-hybridized carbons (Fsp3) is 0.300. The highest BCUT2D eigenvalue weighted by Crippen LogP contribution is 2.15. The third kappa shape index (κ3) is 7.17. The number of fused-ring (bicyclic) bond motifs is 2. The van der Waals surface area contributed by atoms with E-state index in [9.17, 15) is 0 Å². The number of thiazole rings is 2. The normalized spacial score (nSPS) is 9.21. The topological polar surface area (TPSA) is 70.8 Å². The Bertz CT molecular complexity index is 853. The first kappa shape index (κ1) is 29.3. The van der Waals surface area contributed by atoms with Gasteiger partial charge in [-0.1, -0.05) is 60.8 Å². The molecule has 2 aromatic heterocycles. The largest absolute Gasteiger partial charge is 1.00 e. The van der Waals surface area contributed by atoms with Crippen LogP contribution in [0, 0.1) is 0 Å². The van der Waals surface area contributed by atoms with E-state index in [0.29, 0.717) is 0 Å². The van der Waals surface area contributed by atoms with Gasteiger partial charge in [-0.3, -0.25) is 0 Å². The highest BCUT2D eigenvalue weighted by atomic mass is 79.9. The van der Waals surface area contributed by atoms with E-state index in [-0.39, 0.29) is 44.9 Å². The van der Waals surface area contributed by atoms with E-state index < -0.39 is 0 Å². The molecule has 0 aliphatic heterocycles. The summed E-state index contributed by atoms with van der Waals surface area (Å²) in [5.41, 5.74) is 7.14. The number of hydrogen-bond acceptors (Lipinski definition) is 2. The van der Waals surface area contributed by atoms with E-state index in [4.69, 9.17) is 0 Å². The second-order valence-electron chi connectivity index (χ2n) is 5.77. The molecule has 28 heavy (non-hydrogen) atoms. The van der Waals surface area contributed by atoms with Crippen molar-refractivity contribution in [2.24, 2.45) is 0 Å². The van der Waals surface area contributed by atoms with E-state index in [1.807, 2.05) is 22.7 Å². The Hall–Kier alpha value is -0.900. The lowest BCUT2D eigenvalue weighted by Gasteiger charge is -1.88. The summed E-state index contributed by atoms with van der Waals surface area (Å²) in [5.74, 6) is 0. The molecule has 0 saturated heterocycles. The first-order valence-corrected chi connectivity index (χ1v) is 10.3.